The van der Waals surface area contributed by atoms with E-state index in [1.807, 2.05) is 0 Å². The summed E-state index contributed by atoms with van der Waals surface area (Å²) in [4.78, 5) is 0. The van der Waals surface area contributed by atoms with Gasteiger partial charge in [0.2, 0.25) is 0 Å². The molecule has 1 heterocycles. The number of hydrogen-bond donors (Lipinski definition) is 1. The van der Waals surface area contributed by atoms with Gasteiger partial charge in [-0.3, -0.25) is 0 Å². The van der Waals surface area contributed by atoms with E-state index in [9.17, 15) is 0 Å². The molecule has 0 atom stereocenters. The third-order valence-electron chi connectivity index (χ3n) is 2.92. The molecule has 1 aliphatic heterocycles. The van der Waals surface area contributed by atoms with Crippen molar-refractivity contribution in [1.29, 1.82) is 0 Å². The molecule has 1 fully saturated rings. The Morgan fingerprint density at radius 3 is 2.00 bits per heavy atom. The molecule has 2 nitrogen and oxygen atoms in total. The van der Waals surface area contributed by atoms with Crippen molar-refractivity contribution < 1.29 is 4.74 Å². The largest absolute Gasteiger partial charge is 0.380 e. The van der Waals surface area contributed by atoms with Crippen LogP contribution < -0.4 is 5.73 Å². The Morgan fingerprint density at radius 1 is 1.42 bits per heavy atom. The molecule has 0 saturated carbocycles. The fraction of sp³-hybridized carbons (Fsp3) is 1.00. The highest BCUT2D eigenvalue weighted by atomic mass is 16.5. The first-order chi connectivity index (χ1) is 5.37. The first-order valence-corrected chi connectivity index (χ1v) is 4.74. The van der Waals surface area contributed by atoms with Gasteiger partial charge in [0.15, 0.2) is 0 Å². The van der Waals surface area contributed by atoms with Crippen LogP contribution in [0.4, 0.5) is 0 Å². The van der Waals surface area contributed by atoms with E-state index >= 15 is 0 Å². The van der Waals surface area contributed by atoms with Crippen LogP contribution >= 0.6 is 0 Å². The Morgan fingerprint density at radius 2 is 1.92 bits per heavy atom. The second-order valence-corrected chi connectivity index (χ2v) is 5.09. The number of hydrogen-bond acceptors (Lipinski definition) is 2. The van der Waals surface area contributed by atoms with Crippen molar-refractivity contribution in [3.05, 3.63) is 0 Å². The molecule has 0 unspecified atom stereocenters. The van der Waals surface area contributed by atoms with Gasteiger partial charge in [-0.05, 0) is 26.2 Å². The number of rotatable bonds is 3. The zero-order valence-electron chi connectivity index (χ0n) is 8.68. The van der Waals surface area contributed by atoms with E-state index in [0.29, 0.717) is 5.92 Å². The van der Waals surface area contributed by atoms with E-state index in [0.717, 1.165) is 13.2 Å². The van der Waals surface area contributed by atoms with Gasteiger partial charge in [-0.1, -0.05) is 13.8 Å². The van der Waals surface area contributed by atoms with Crippen molar-refractivity contribution in [2.24, 2.45) is 17.1 Å². The minimum absolute atomic E-state index is 0.102. The molecule has 0 bridgehead atoms. The van der Waals surface area contributed by atoms with Crippen LogP contribution in [-0.4, -0.2) is 18.8 Å². The summed E-state index contributed by atoms with van der Waals surface area (Å²) < 4.78 is 5.29. The number of ether oxygens (including phenoxy) is 1. The second kappa shape index (κ2) is 3.00. The van der Waals surface area contributed by atoms with Crippen molar-refractivity contribution in [2.45, 2.75) is 39.7 Å². The van der Waals surface area contributed by atoms with Gasteiger partial charge in [0.25, 0.3) is 0 Å². The molecule has 0 amide bonds. The highest BCUT2D eigenvalue weighted by molar-refractivity contribution is 5.01. The SMILES string of the molecule is CC(C)CC1(C(C)(C)N)COC1. The maximum atomic E-state index is 6.14. The summed E-state index contributed by atoms with van der Waals surface area (Å²) in [5.74, 6) is 0.705. The summed E-state index contributed by atoms with van der Waals surface area (Å²) in [7, 11) is 0. The van der Waals surface area contributed by atoms with E-state index in [2.05, 4.69) is 27.7 Å². The molecule has 0 aromatic carbocycles. The zero-order chi connectivity index (χ0) is 9.41. The number of nitrogens with two attached hydrogens (primary N) is 1. The Balaban J connectivity index is 2.63. The highest BCUT2D eigenvalue weighted by Gasteiger charge is 2.48. The van der Waals surface area contributed by atoms with E-state index in [-0.39, 0.29) is 11.0 Å². The van der Waals surface area contributed by atoms with Gasteiger partial charge in [0.05, 0.1) is 13.2 Å². The van der Waals surface area contributed by atoms with Gasteiger partial charge in [0, 0.05) is 11.0 Å². The summed E-state index contributed by atoms with van der Waals surface area (Å²) in [6.07, 6.45) is 1.18. The van der Waals surface area contributed by atoms with E-state index in [1.54, 1.807) is 0 Å². The molecule has 0 aromatic rings. The lowest BCUT2D eigenvalue weighted by Gasteiger charge is -2.51. The van der Waals surface area contributed by atoms with E-state index in [1.165, 1.54) is 6.42 Å². The molecule has 2 N–H and O–H groups in total. The maximum absolute atomic E-state index is 6.14. The second-order valence-electron chi connectivity index (χ2n) is 5.09. The van der Waals surface area contributed by atoms with Crippen LogP contribution in [0.2, 0.25) is 0 Å². The van der Waals surface area contributed by atoms with Gasteiger partial charge in [-0.2, -0.15) is 0 Å². The lowest BCUT2D eigenvalue weighted by atomic mass is 9.66. The third-order valence-corrected chi connectivity index (χ3v) is 2.92. The monoisotopic (exact) mass is 171 g/mol. The van der Waals surface area contributed by atoms with Crippen LogP contribution in [-0.2, 0) is 4.74 Å². The first-order valence-electron chi connectivity index (χ1n) is 4.74. The molecule has 1 saturated heterocycles. The Hall–Kier alpha value is -0.0800. The van der Waals surface area contributed by atoms with Gasteiger partial charge in [-0.15, -0.1) is 0 Å². The fourth-order valence-corrected chi connectivity index (χ4v) is 1.88. The molecular formula is C10H21NO. The van der Waals surface area contributed by atoms with E-state index < -0.39 is 0 Å². The van der Waals surface area contributed by atoms with Crippen LogP contribution in [0.5, 0.6) is 0 Å². The van der Waals surface area contributed by atoms with Crippen LogP contribution in [0, 0.1) is 11.3 Å². The van der Waals surface area contributed by atoms with E-state index in [4.69, 9.17) is 10.5 Å². The van der Waals surface area contributed by atoms with Crippen molar-refractivity contribution in [3.63, 3.8) is 0 Å². The minimum Gasteiger partial charge on any atom is -0.380 e. The third kappa shape index (κ3) is 1.64. The lowest BCUT2D eigenvalue weighted by Crippen LogP contribution is -2.62. The first kappa shape index (κ1) is 10.0. The molecule has 0 spiro atoms. The quantitative estimate of drug-likeness (QED) is 0.702. The molecule has 1 rings (SSSR count). The van der Waals surface area contributed by atoms with Crippen LogP contribution in [0.3, 0.4) is 0 Å². The standard InChI is InChI=1S/C10H21NO/c1-8(2)5-10(6-12-7-10)9(3,4)11/h8H,5-7,11H2,1-4H3. The van der Waals surface area contributed by atoms with Crippen LogP contribution in [0.25, 0.3) is 0 Å². The summed E-state index contributed by atoms with van der Waals surface area (Å²) in [5.41, 5.74) is 6.28. The average molecular weight is 171 g/mol. The smallest absolute Gasteiger partial charge is 0.0562 e. The summed E-state index contributed by atoms with van der Waals surface area (Å²) in [6.45, 7) is 10.4. The zero-order valence-corrected chi connectivity index (χ0v) is 8.68. The van der Waals surface area contributed by atoms with Crippen molar-refractivity contribution in [1.82, 2.24) is 0 Å². The normalized spacial score (nSPS) is 22.5. The van der Waals surface area contributed by atoms with Crippen molar-refractivity contribution in [2.75, 3.05) is 13.2 Å². The Labute approximate surface area is 75.5 Å². The molecule has 72 valence electrons. The lowest BCUT2D eigenvalue weighted by molar-refractivity contribution is -0.156. The van der Waals surface area contributed by atoms with Crippen LogP contribution in [0.1, 0.15) is 34.1 Å². The highest BCUT2D eigenvalue weighted by Crippen LogP contribution is 2.42. The van der Waals surface area contributed by atoms with Crippen LogP contribution in [0.15, 0.2) is 0 Å². The predicted molar refractivity (Wildman–Crippen MR) is 51.0 cm³/mol. The fourth-order valence-electron chi connectivity index (χ4n) is 1.88. The average Bonchev–Trinajstić information content (AvgIpc) is 1.74. The molecular weight excluding hydrogens is 150 g/mol. The Kier molecular flexibility index (Phi) is 2.50. The van der Waals surface area contributed by atoms with Crippen molar-refractivity contribution in [3.8, 4) is 0 Å². The van der Waals surface area contributed by atoms with Gasteiger partial charge in [-0.25, -0.2) is 0 Å². The van der Waals surface area contributed by atoms with Gasteiger partial charge >= 0.3 is 0 Å². The summed E-state index contributed by atoms with van der Waals surface area (Å²) >= 11 is 0. The molecule has 0 aliphatic carbocycles. The van der Waals surface area contributed by atoms with Gasteiger partial charge < -0.3 is 10.5 Å². The summed E-state index contributed by atoms with van der Waals surface area (Å²) in [6, 6.07) is 0. The Bertz CT molecular complexity index is 154. The molecule has 2 heteroatoms. The summed E-state index contributed by atoms with van der Waals surface area (Å²) in [5, 5.41) is 0. The molecule has 1 aliphatic rings. The predicted octanol–water partition coefficient (Wildman–Crippen LogP) is 1.79. The molecule has 0 radical (unpaired) electrons. The minimum atomic E-state index is -0.102. The molecule has 0 aromatic heterocycles. The van der Waals surface area contributed by atoms with Gasteiger partial charge in [0.1, 0.15) is 0 Å². The topological polar surface area (TPSA) is 35.2 Å². The molecule has 12 heavy (non-hydrogen) atoms. The maximum Gasteiger partial charge on any atom is 0.0562 e. The van der Waals surface area contributed by atoms with Crippen molar-refractivity contribution >= 4 is 0 Å².